The Kier molecular flexibility index (Phi) is 4.39. The Hall–Kier alpha value is -2.61. The lowest BCUT2D eigenvalue weighted by Gasteiger charge is -2.21. The van der Waals surface area contributed by atoms with Crippen LogP contribution in [0.2, 0.25) is 0 Å². The summed E-state index contributed by atoms with van der Waals surface area (Å²) in [5.74, 6) is 2.03. The molecule has 0 saturated carbocycles. The molecule has 1 aromatic carbocycles. The number of anilines is 3. The van der Waals surface area contributed by atoms with Gasteiger partial charge in [0.15, 0.2) is 0 Å². The van der Waals surface area contributed by atoms with Crippen LogP contribution in [0.1, 0.15) is 30.3 Å². The average Bonchev–Trinajstić information content (AvgIpc) is 2.50. The summed E-state index contributed by atoms with van der Waals surface area (Å²) in [5, 5.41) is 9.01. The Labute approximate surface area is 125 Å². The van der Waals surface area contributed by atoms with Gasteiger partial charge in [-0.3, -0.25) is 0 Å². The first-order valence-electron chi connectivity index (χ1n) is 6.93. The maximum absolute atomic E-state index is 9.01. The second-order valence-electron chi connectivity index (χ2n) is 4.94. The lowest BCUT2D eigenvalue weighted by Crippen LogP contribution is -2.16. The summed E-state index contributed by atoms with van der Waals surface area (Å²) in [6.45, 7) is 3.99. The summed E-state index contributed by atoms with van der Waals surface area (Å²) in [6.07, 6.45) is 1.76. The maximum atomic E-state index is 9.01. The average molecular weight is 281 g/mol. The predicted octanol–water partition coefficient (Wildman–Crippen LogP) is 2.96. The van der Waals surface area contributed by atoms with Gasteiger partial charge >= 0.3 is 0 Å². The number of aryl methyl sites for hydroxylation is 1. The Morgan fingerprint density at radius 1 is 1.33 bits per heavy atom. The zero-order valence-electron chi connectivity index (χ0n) is 12.6. The largest absolute Gasteiger partial charge is 0.383 e. The summed E-state index contributed by atoms with van der Waals surface area (Å²) in [5.41, 5.74) is 8.36. The van der Waals surface area contributed by atoms with Gasteiger partial charge in [-0.05, 0) is 31.5 Å². The topological polar surface area (TPSA) is 78.8 Å². The first kappa shape index (κ1) is 14.8. The Morgan fingerprint density at radius 2 is 2.10 bits per heavy atom. The van der Waals surface area contributed by atoms with Crippen molar-refractivity contribution in [2.75, 3.05) is 17.7 Å². The van der Waals surface area contributed by atoms with E-state index in [-0.39, 0.29) is 0 Å². The van der Waals surface area contributed by atoms with Crippen LogP contribution in [0.4, 0.5) is 17.3 Å². The third-order valence-electron chi connectivity index (χ3n) is 3.36. The minimum Gasteiger partial charge on any atom is -0.383 e. The van der Waals surface area contributed by atoms with Crippen LogP contribution in [-0.2, 0) is 6.42 Å². The molecule has 2 aromatic rings. The molecule has 0 spiro atoms. The molecule has 5 heteroatoms. The van der Waals surface area contributed by atoms with Crippen LogP contribution in [0.25, 0.3) is 0 Å². The fourth-order valence-corrected chi connectivity index (χ4v) is 2.14. The molecule has 0 aliphatic heterocycles. The fraction of sp³-hybridized carbons (Fsp3) is 0.312. The van der Waals surface area contributed by atoms with E-state index in [0.717, 1.165) is 35.7 Å². The van der Waals surface area contributed by atoms with E-state index in [1.165, 1.54) is 0 Å². The van der Waals surface area contributed by atoms with Crippen molar-refractivity contribution in [1.29, 1.82) is 5.26 Å². The van der Waals surface area contributed by atoms with E-state index in [0.29, 0.717) is 11.4 Å². The van der Waals surface area contributed by atoms with Gasteiger partial charge < -0.3 is 10.6 Å². The summed E-state index contributed by atoms with van der Waals surface area (Å²) in [4.78, 5) is 10.9. The number of benzene rings is 1. The van der Waals surface area contributed by atoms with Gasteiger partial charge in [-0.25, -0.2) is 9.97 Å². The number of aromatic nitrogens is 2. The number of rotatable bonds is 4. The van der Waals surface area contributed by atoms with Crippen LogP contribution in [0.15, 0.2) is 24.3 Å². The summed E-state index contributed by atoms with van der Waals surface area (Å²) >= 11 is 0. The first-order valence-corrected chi connectivity index (χ1v) is 6.93. The van der Waals surface area contributed by atoms with Gasteiger partial charge in [0.05, 0.1) is 11.6 Å². The normalized spacial score (nSPS) is 10.2. The molecular formula is C16H19N5. The van der Waals surface area contributed by atoms with E-state index < -0.39 is 0 Å². The maximum Gasteiger partial charge on any atom is 0.141 e. The highest BCUT2D eigenvalue weighted by Gasteiger charge is 2.14. The Bertz CT molecular complexity index is 688. The Balaban J connectivity index is 2.46. The van der Waals surface area contributed by atoms with Gasteiger partial charge in [0.1, 0.15) is 17.5 Å². The molecule has 0 radical (unpaired) electrons. The van der Waals surface area contributed by atoms with Gasteiger partial charge in [0.25, 0.3) is 0 Å². The third-order valence-corrected chi connectivity index (χ3v) is 3.36. The van der Waals surface area contributed by atoms with Crippen LogP contribution in [0, 0.1) is 18.3 Å². The van der Waals surface area contributed by atoms with Crippen LogP contribution >= 0.6 is 0 Å². The first-order chi connectivity index (χ1) is 10.1. The molecule has 0 fully saturated rings. The number of nitrogen functional groups attached to an aromatic ring is 1. The fourth-order valence-electron chi connectivity index (χ4n) is 2.14. The van der Waals surface area contributed by atoms with Crippen molar-refractivity contribution in [2.24, 2.45) is 0 Å². The summed E-state index contributed by atoms with van der Waals surface area (Å²) in [7, 11) is 1.92. The smallest absolute Gasteiger partial charge is 0.141 e. The second kappa shape index (κ2) is 6.23. The van der Waals surface area contributed by atoms with Crippen LogP contribution in [0.3, 0.4) is 0 Å². The highest BCUT2D eigenvalue weighted by Crippen LogP contribution is 2.28. The molecule has 1 aromatic heterocycles. The van der Waals surface area contributed by atoms with E-state index in [1.54, 1.807) is 6.07 Å². The molecular weight excluding hydrogens is 262 g/mol. The van der Waals surface area contributed by atoms with Gasteiger partial charge in [-0.2, -0.15) is 5.26 Å². The Morgan fingerprint density at radius 3 is 2.76 bits per heavy atom. The highest BCUT2D eigenvalue weighted by molar-refractivity contribution is 5.66. The van der Waals surface area contributed by atoms with Crippen molar-refractivity contribution in [3.8, 4) is 6.07 Å². The van der Waals surface area contributed by atoms with Crippen LogP contribution < -0.4 is 10.6 Å². The number of hydrogen-bond acceptors (Lipinski definition) is 5. The molecule has 2 N–H and O–H groups in total. The molecule has 2 rings (SSSR count). The standard InChI is InChI=1S/C16H19N5/c1-4-6-14-19-15(18)11(2)16(20-14)21(3)13-8-5-7-12(9-13)10-17/h5,7-9H,4,6H2,1-3H3,(H2,18,19,20). The number of nitriles is 1. The van der Waals surface area contributed by atoms with Crippen molar-refractivity contribution in [1.82, 2.24) is 9.97 Å². The zero-order chi connectivity index (χ0) is 15.4. The van der Waals surface area contributed by atoms with Crippen molar-refractivity contribution in [3.05, 3.63) is 41.2 Å². The molecule has 0 aliphatic rings. The van der Waals surface area contributed by atoms with Gasteiger partial charge in [-0.15, -0.1) is 0 Å². The van der Waals surface area contributed by atoms with Crippen molar-refractivity contribution in [2.45, 2.75) is 26.7 Å². The van der Waals surface area contributed by atoms with Gasteiger partial charge in [-0.1, -0.05) is 13.0 Å². The highest BCUT2D eigenvalue weighted by atomic mass is 15.2. The SMILES string of the molecule is CCCc1nc(N)c(C)c(N(C)c2cccc(C#N)c2)n1. The van der Waals surface area contributed by atoms with Crippen molar-refractivity contribution < 1.29 is 0 Å². The molecule has 5 nitrogen and oxygen atoms in total. The van der Waals surface area contributed by atoms with Crippen molar-refractivity contribution >= 4 is 17.3 Å². The second-order valence-corrected chi connectivity index (χ2v) is 4.94. The molecule has 21 heavy (non-hydrogen) atoms. The predicted molar refractivity (Wildman–Crippen MR) is 84.4 cm³/mol. The van der Waals surface area contributed by atoms with Crippen LogP contribution in [0.5, 0.6) is 0 Å². The van der Waals surface area contributed by atoms with Gasteiger partial charge in [0, 0.05) is 24.7 Å². The molecule has 108 valence electrons. The number of hydrogen-bond donors (Lipinski definition) is 1. The van der Waals surface area contributed by atoms with Gasteiger partial charge in [0.2, 0.25) is 0 Å². The molecule has 0 saturated heterocycles. The third kappa shape index (κ3) is 3.11. The van der Waals surface area contributed by atoms with E-state index >= 15 is 0 Å². The lowest BCUT2D eigenvalue weighted by molar-refractivity contribution is 0.830. The number of nitrogens with zero attached hydrogens (tertiary/aromatic N) is 4. The minimum absolute atomic E-state index is 0.506. The number of nitrogens with two attached hydrogens (primary N) is 1. The molecule has 0 unspecified atom stereocenters. The molecule has 0 bridgehead atoms. The zero-order valence-corrected chi connectivity index (χ0v) is 12.6. The summed E-state index contributed by atoms with van der Waals surface area (Å²) < 4.78 is 0. The quantitative estimate of drug-likeness (QED) is 0.932. The van der Waals surface area contributed by atoms with E-state index in [4.69, 9.17) is 11.0 Å². The van der Waals surface area contributed by atoms with E-state index in [2.05, 4.69) is 23.0 Å². The molecule has 0 aliphatic carbocycles. The van der Waals surface area contributed by atoms with Crippen molar-refractivity contribution in [3.63, 3.8) is 0 Å². The van der Waals surface area contributed by atoms with E-state index in [1.807, 2.05) is 37.1 Å². The van der Waals surface area contributed by atoms with E-state index in [9.17, 15) is 0 Å². The molecule has 0 atom stereocenters. The molecule has 0 amide bonds. The monoisotopic (exact) mass is 281 g/mol. The van der Waals surface area contributed by atoms with Crippen LogP contribution in [-0.4, -0.2) is 17.0 Å². The minimum atomic E-state index is 0.506. The summed E-state index contributed by atoms with van der Waals surface area (Å²) in [6, 6.07) is 9.56. The lowest BCUT2D eigenvalue weighted by atomic mass is 10.2. The molecule has 1 heterocycles.